The number of hydrogen-bond acceptors (Lipinski definition) is 3. The van der Waals surface area contributed by atoms with Crippen LogP contribution in [0.1, 0.15) is 19.3 Å². The first-order valence-electron chi connectivity index (χ1n) is 5.96. The number of rotatable bonds is 2. The van der Waals surface area contributed by atoms with Gasteiger partial charge in [-0.3, -0.25) is 9.59 Å². The fourth-order valence-corrected chi connectivity index (χ4v) is 2.29. The Morgan fingerprint density at radius 3 is 2.75 bits per heavy atom. The largest absolute Gasteiger partial charge is 0.336 e. The van der Waals surface area contributed by atoms with Crippen LogP contribution in [-0.4, -0.2) is 60.9 Å². The normalized spacial score (nSPS) is 27.4. The lowest BCUT2D eigenvalue weighted by molar-refractivity contribution is -0.155. The second kappa shape index (κ2) is 4.82. The average Bonchev–Trinajstić information content (AvgIpc) is 2.31. The van der Waals surface area contributed by atoms with E-state index in [1.807, 2.05) is 0 Å². The quantitative estimate of drug-likeness (QED) is 0.640. The zero-order valence-electron chi connectivity index (χ0n) is 9.74. The van der Waals surface area contributed by atoms with Crippen molar-refractivity contribution in [3.8, 4) is 0 Å². The van der Waals surface area contributed by atoms with E-state index < -0.39 is 0 Å². The zero-order chi connectivity index (χ0) is 11.5. The van der Waals surface area contributed by atoms with Crippen molar-refractivity contribution in [2.75, 3.05) is 33.2 Å². The fourth-order valence-electron chi connectivity index (χ4n) is 2.29. The van der Waals surface area contributed by atoms with Gasteiger partial charge < -0.3 is 15.1 Å². The molecule has 1 atom stereocenters. The number of carbonyl (C=O) groups excluding carboxylic acids is 2. The van der Waals surface area contributed by atoms with E-state index in [0.717, 1.165) is 13.0 Å². The van der Waals surface area contributed by atoms with Crippen molar-refractivity contribution in [2.24, 2.45) is 0 Å². The number of hydrogen-bond donors (Lipinski definition) is 1. The standard InChI is InChI=1S/C11H19N3O2/c1-13-6-7-14(11(16)10(13)15)8-9-4-2-3-5-12-9/h9,12H,2-8H2,1H3. The summed E-state index contributed by atoms with van der Waals surface area (Å²) in [4.78, 5) is 26.4. The highest BCUT2D eigenvalue weighted by Crippen LogP contribution is 2.10. The third-order valence-corrected chi connectivity index (χ3v) is 3.38. The predicted molar refractivity (Wildman–Crippen MR) is 59.9 cm³/mol. The van der Waals surface area contributed by atoms with Gasteiger partial charge in [0.2, 0.25) is 0 Å². The molecule has 0 bridgehead atoms. The Kier molecular flexibility index (Phi) is 3.43. The molecule has 0 radical (unpaired) electrons. The molecule has 16 heavy (non-hydrogen) atoms. The molecule has 2 aliphatic heterocycles. The number of nitrogens with one attached hydrogen (secondary N) is 1. The molecule has 5 heteroatoms. The van der Waals surface area contributed by atoms with Crippen LogP contribution in [0.5, 0.6) is 0 Å². The van der Waals surface area contributed by atoms with Crippen molar-refractivity contribution in [1.82, 2.24) is 15.1 Å². The number of amides is 2. The summed E-state index contributed by atoms with van der Waals surface area (Å²) in [5, 5.41) is 3.39. The number of nitrogens with zero attached hydrogens (tertiary/aromatic N) is 2. The molecule has 0 aliphatic carbocycles. The van der Waals surface area contributed by atoms with Gasteiger partial charge in [-0.25, -0.2) is 0 Å². The minimum atomic E-state index is -0.373. The summed E-state index contributed by atoms with van der Waals surface area (Å²) in [6, 6.07) is 0.369. The van der Waals surface area contributed by atoms with Crippen molar-refractivity contribution in [2.45, 2.75) is 25.3 Å². The second-order valence-corrected chi connectivity index (χ2v) is 4.62. The smallest absolute Gasteiger partial charge is 0.312 e. The average molecular weight is 225 g/mol. The maximum atomic E-state index is 11.7. The van der Waals surface area contributed by atoms with E-state index in [2.05, 4.69) is 5.32 Å². The highest BCUT2D eigenvalue weighted by Gasteiger charge is 2.31. The van der Waals surface area contributed by atoms with Gasteiger partial charge in [-0.2, -0.15) is 0 Å². The second-order valence-electron chi connectivity index (χ2n) is 4.62. The van der Waals surface area contributed by atoms with Gasteiger partial charge in [0.05, 0.1) is 0 Å². The van der Waals surface area contributed by atoms with Gasteiger partial charge in [0.1, 0.15) is 0 Å². The van der Waals surface area contributed by atoms with E-state index in [9.17, 15) is 9.59 Å². The fraction of sp³-hybridized carbons (Fsp3) is 0.818. The summed E-state index contributed by atoms with van der Waals surface area (Å²) < 4.78 is 0. The summed E-state index contributed by atoms with van der Waals surface area (Å²) in [6.07, 6.45) is 3.54. The third-order valence-electron chi connectivity index (χ3n) is 3.38. The molecule has 0 aromatic heterocycles. The molecule has 2 fully saturated rings. The van der Waals surface area contributed by atoms with Gasteiger partial charge in [0, 0.05) is 32.7 Å². The molecular formula is C11H19N3O2. The molecule has 2 heterocycles. The lowest BCUT2D eigenvalue weighted by Crippen LogP contribution is -2.56. The Labute approximate surface area is 95.8 Å². The van der Waals surface area contributed by atoms with Crippen LogP contribution >= 0.6 is 0 Å². The topological polar surface area (TPSA) is 52.6 Å². The van der Waals surface area contributed by atoms with Crippen molar-refractivity contribution < 1.29 is 9.59 Å². The summed E-state index contributed by atoms with van der Waals surface area (Å²) in [7, 11) is 1.68. The molecule has 90 valence electrons. The maximum Gasteiger partial charge on any atom is 0.312 e. The van der Waals surface area contributed by atoms with Gasteiger partial charge in [-0.15, -0.1) is 0 Å². The van der Waals surface area contributed by atoms with E-state index >= 15 is 0 Å². The monoisotopic (exact) mass is 225 g/mol. The molecule has 1 unspecified atom stereocenters. The van der Waals surface area contributed by atoms with Gasteiger partial charge in [0.25, 0.3) is 0 Å². The van der Waals surface area contributed by atoms with Gasteiger partial charge >= 0.3 is 11.8 Å². The number of carbonyl (C=O) groups is 2. The predicted octanol–water partition coefficient (Wildman–Crippen LogP) is -0.571. The molecule has 2 rings (SSSR count). The summed E-state index contributed by atoms with van der Waals surface area (Å²) in [5.74, 6) is -0.719. The highest BCUT2D eigenvalue weighted by molar-refractivity contribution is 6.35. The first kappa shape index (κ1) is 11.4. The van der Waals surface area contributed by atoms with Crippen LogP contribution < -0.4 is 5.32 Å². The molecule has 0 aromatic rings. The molecule has 0 aromatic carbocycles. The molecule has 2 amide bonds. The SMILES string of the molecule is CN1CCN(CC2CCCCN2)C(=O)C1=O. The molecule has 0 saturated carbocycles. The minimum Gasteiger partial charge on any atom is -0.336 e. The molecule has 2 saturated heterocycles. The summed E-state index contributed by atoms with van der Waals surface area (Å²) in [6.45, 7) is 3.02. The van der Waals surface area contributed by atoms with Crippen LogP contribution in [0, 0.1) is 0 Å². The number of likely N-dealkylation sites (N-methyl/N-ethyl adjacent to an activating group) is 1. The molecule has 2 aliphatic rings. The van der Waals surface area contributed by atoms with E-state index in [0.29, 0.717) is 25.7 Å². The van der Waals surface area contributed by atoms with Crippen molar-refractivity contribution in [3.63, 3.8) is 0 Å². The Balaban J connectivity index is 1.89. The van der Waals surface area contributed by atoms with Crippen LogP contribution in [0.3, 0.4) is 0 Å². The van der Waals surface area contributed by atoms with Crippen LogP contribution in [-0.2, 0) is 9.59 Å². The van der Waals surface area contributed by atoms with Gasteiger partial charge in [-0.1, -0.05) is 6.42 Å². The van der Waals surface area contributed by atoms with E-state index in [1.54, 1.807) is 11.9 Å². The van der Waals surface area contributed by atoms with Gasteiger partial charge in [0.15, 0.2) is 0 Å². The van der Waals surface area contributed by atoms with E-state index in [4.69, 9.17) is 0 Å². The summed E-state index contributed by atoms with van der Waals surface area (Å²) >= 11 is 0. The van der Waals surface area contributed by atoms with Crippen molar-refractivity contribution >= 4 is 11.8 Å². The number of piperidine rings is 1. The third kappa shape index (κ3) is 2.35. The Morgan fingerprint density at radius 2 is 2.06 bits per heavy atom. The van der Waals surface area contributed by atoms with Crippen molar-refractivity contribution in [3.05, 3.63) is 0 Å². The molecular weight excluding hydrogens is 206 g/mol. The van der Waals surface area contributed by atoms with Crippen LogP contribution in [0.15, 0.2) is 0 Å². The number of piperazine rings is 1. The Morgan fingerprint density at radius 1 is 1.25 bits per heavy atom. The highest BCUT2D eigenvalue weighted by atomic mass is 16.2. The molecule has 1 N–H and O–H groups in total. The minimum absolute atomic E-state index is 0.346. The maximum absolute atomic E-state index is 11.7. The van der Waals surface area contributed by atoms with E-state index in [-0.39, 0.29) is 11.8 Å². The van der Waals surface area contributed by atoms with Gasteiger partial charge in [-0.05, 0) is 19.4 Å². The summed E-state index contributed by atoms with van der Waals surface area (Å²) in [5.41, 5.74) is 0. The molecule has 0 spiro atoms. The van der Waals surface area contributed by atoms with Crippen LogP contribution in [0.4, 0.5) is 0 Å². The van der Waals surface area contributed by atoms with E-state index in [1.165, 1.54) is 17.7 Å². The van der Waals surface area contributed by atoms with Crippen LogP contribution in [0.2, 0.25) is 0 Å². The molecule has 5 nitrogen and oxygen atoms in total. The lowest BCUT2D eigenvalue weighted by atomic mass is 10.0. The first-order valence-corrected chi connectivity index (χ1v) is 5.96. The van der Waals surface area contributed by atoms with Crippen LogP contribution in [0.25, 0.3) is 0 Å². The Hall–Kier alpha value is -1.10. The van der Waals surface area contributed by atoms with Crippen molar-refractivity contribution in [1.29, 1.82) is 0 Å². The lowest BCUT2D eigenvalue weighted by Gasteiger charge is -2.35. The first-order chi connectivity index (χ1) is 7.68. The Bertz CT molecular complexity index is 287. The zero-order valence-corrected chi connectivity index (χ0v) is 9.74.